The van der Waals surface area contributed by atoms with Crippen molar-refractivity contribution in [3.05, 3.63) is 39.6 Å². The second-order valence-electron chi connectivity index (χ2n) is 6.48. The van der Waals surface area contributed by atoms with E-state index in [2.05, 4.69) is 20.9 Å². The van der Waals surface area contributed by atoms with Gasteiger partial charge in [0.05, 0.1) is 10.9 Å². The summed E-state index contributed by atoms with van der Waals surface area (Å²) in [5, 5.41) is 7.64. The molecule has 0 bridgehead atoms. The van der Waals surface area contributed by atoms with E-state index in [1.165, 1.54) is 17.5 Å². The Hall–Kier alpha value is -2.39. The summed E-state index contributed by atoms with van der Waals surface area (Å²) in [6.45, 7) is -0.0668. The number of hydrogen-bond donors (Lipinski definition) is 3. The van der Waals surface area contributed by atoms with E-state index in [0.717, 1.165) is 11.3 Å². The molecule has 1 saturated heterocycles. The Labute approximate surface area is 157 Å². The highest BCUT2D eigenvalue weighted by Crippen LogP contribution is 2.50. The Morgan fingerprint density at radius 3 is 2.88 bits per heavy atom. The first-order valence-corrected chi connectivity index (χ1v) is 9.24. The number of amides is 4. The summed E-state index contributed by atoms with van der Waals surface area (Å²) in [6, 6.07) is 3.15. The molecule has 1 saturated carbocycles. The van der Waals surface area contributed by atoms with Crippen LogP contribution in [-0.2, 0) is 22.2 Å². The number of rotatable bonds is 5. The van der Waals surface area contributed by atoms with E-state index in [1.807, 2.05) is 12.1 Å². The largest absolute Gasteiger partial charge is 0.352 e. The van der Waals surface area contributed by atoms with E-state index in [-0.39, 0.29) is 24.3 Å². The molecule has 2 aromatic heterocycles. The van der Waals surface area contributed by atoms with Gasteiger partial charge < -0.3 is 15.2 Å². The van der Waals surface area contributed by atoms with Crippen LogP contribution in [0.3, 0.4) is 0 Å². The highest BCUT2D eigenvalue weighted by molar-refractivity contribution is 7.16. The molecule has 1 aliphatic heterocycles. The number of aromatic nitrogens is 2. The van der Waals surface area contributed by atoms with Gasteiger partial charge in [0.1, 0.15) is 5.82 Å². The number of hydrogen-bond acceptors (Lipinski definition) is 5. The standard InChI is InChI=1S/C16H16ClN5O3S/c1-22-5-4-18-13(22)16(14(24)20-15(25)21-16)7-19-12(23)9-6-8(9)10-2-3-11(17)26-10/h2-5,8-9H,6-7H2,1H3,(H,19,23)(H2,20,21,24,25)/t8-,9-,16?/m1/s1. The fourth-order valence-electron chi connectivity index (χ4n) is 3.31. The van der Waals surface area contributed by atoms with Crippen molar-refractivity contribution in [2.75, 3.05) is 6.54 Å². The predicted octanol–water partition coefficient (Wildman–Crippen LogP) is 1.09. The van der Waals surface area contributed by atoms with Crippen molar-refractivity contribution < 1.29 is 14.4 Å². The molecule has 2 fully saturated rings. The van der Waals surface area contributed by atoms with Crippen molar-refractivity contribution >= 4 is 40.8 Å². The molecule has 3 N–H and O–H groups in total. The molecule has 4 rings (SSSR count). The summed E-state index contributed by atoms with van der Waals surface area (Å²) < 4.78 is 2.34. The third-order valence-electron chi connectivity index (χ3n) is 4.76. The van der Waals surface area contributed by atoms with E-state index in [1.54, 1.807) is 17.8 Å². The smallest absolute Gasteiger partial charge is 0.322 e. The number of imide groups is 1. The number of halogens is 1. The molecule has 10 heteroatoms. The summed E-state index contributed by atoms with van der Waals surface area (Å²) >= 11 is 7.42. The number of thiophene rings is 1. The van der Waals surface area contributed by atoms with Gasteiger partial charge in [-0.3, -0.25) is 14.9 Å². The van der Waals surface area contributed by atoms with Crippen LogP contribution < -0.4 is 16.0 Å². The van der Waals surface area contributed by atoms with Gasteiger partial charge in [0, 0.05) is 36.2 Å². The summed E-state index contributed by atoms with van der Waals surface area (Å²) in [7, 11) is 1.72. The summed E-state index contributed by atoms with van der Waals surface area (Å²) in [6.07, 6.45) is 3.96. The Morgan fingerprint density at radius 2 is 2.31 bits per heavy atom. The number of carbonyl (C=O) groups excluding carboxylic acids is 3. The van der Waals surface area contributed by atoms with E-state index in [9.17, 15) is 14.4 Å². The molecule has 0 aromatic carbocycles. The molecule has 3 atom stereocenters. The first-order chi connectivity index (χ1) is 12.4. The second kappa shape index (κ2) is 6.10. The molecule has 1 unspecified atom stereocenters. The maximum atomic E-state index is 12.5. The minimum atomic E-state index is -1.42. The zero-order valence-corrected chi connectivity index (χ0v) is 15.4. The van der Waals surface area contributed by atoms with Crippen molar-refractivity contribution in [2.24, 2.45) is 13.0 Å². The van der Waals surface area contributed by atoms with Crippen molar-refractivity contribution in [3.8, 4) is 0 Å². The van der Waals surface area contributed by atoms with Gasteiger partial charge in [0.15, 0.2) is 5.54 Å². The third-order valence-corrected chi connectivity index (χ3v) is 6.12. The van der Waals surface area contributed by atoms with E-state index in [4.69, 9.17) is 11.6 Å². The predicted molar refractivity (Wildman–Crippen MR) is 94.7 cm³/mol. The quantitative estimate of drug-likeness (QED) is 0.661. The lowest BCUT2D eigenvalue weighted by atomic mass is 9.98. The highest BCUT2D eigenvalue weighted by atomic mass is 35.5. The summed E-state index contributed by atoms with van der Waals surface area (Å²) in [5.41, 5.74) is -1.42. The van der Waals surface area contributed by atoms with Crippen LogP contribution >= 0.6 is 22.9 Å². The van der Waals surface area contributed by atoms with Crippen LogP contribution in [0.5, 0.6) is 0 Å². The lowest BCUT2D eigenvalue weighted by molar-refractivity contribution is -0.126. The fraction of sp³-hybridized carbons (Fsp3) is 0.375. The van der Waals surface area contributed by atoms with Crippen molar-refractivity contribution in [1.29, 1.82) is 0 Å². The number of aryl methyl sites for hydroxylation is 1. The molecule has 0 radical (unpaired) electrons. The van der Waals surface area contributed by atoms with Gasteiger partial charge in [0.2, 0.25) is 5.91 Å². The minimum absolute atomic E-state index is 0.0668. The van der Waals surface area contributed by atoms with E-state index < -0.39 is 17.5 Å². The molecule has 2 aliphatic rings. The second-order valence-corrected chi connectivity index (χ2v) is 8.23. The van der Waals surface area contributed by atoms with Crippen molar-refractivity contribution in [1.82, 2.24) is 25.5 Å². The monoisotopic (exact) mass is 393 g/mol. The fourth-order valence-corrected chi connectivity index (χ4v) is 4.55. The average molecular weight is 394 g/mol. The molecular formula is C16H16ClN5O3S. The SMILES string of the molecule is Cn1ccnc1C1(CNC(=O)[C@@H]2C[C@H]2c2ccc(Cl)s2)NC(=O)NC1=O. The van der Waals surface area contributed by atoms with Gasteiger partial charge in [-0.15, -0.1) is 11.3 Å². The van der Waals surface area contributed by atoms with E-state index in [0.29, 0.717) is 10.2 Å². The molecule has 26 heavy (non-hydrogen) atoms. The third kappa shape index (κ3) is 2.77. The van der Waals surface area contributed by atoms with Crippen LogP contribution in [0.2, 0.25) is 4.34 Å². The maximum Gasteiger partial charge on any atom is 0.322 e. The Bertz CT molecular complexity index is 909. The molecule has 0 spiro atoms. The molecule has 1 aliphatic carbocycles. The van der Waals surface area contributed by atoms with Gasteiger partial charge in [-0.2, -0.15) is 0 Å². The Balaban J connectivity index is 1.48. The topological polar surface area (TPSA) is 105 Å². The molecule has 136 valence electrons. The highest BCUT2D eigenvalue weighted by Gasteiger charge is 2.52. The zero-order valence-electron chi connectivity index (χ0n) is 13.8. The number of carbonyl (C=O) groups is 3. The van der Waals surface area contributed by atoms with Gasteiger partial charge in [-0.25, -0.2) is 9.78 Å². The normalized spacial score (nSPS) is 27.2. The number of urea groups is 1. The number of nitrogens with one attached hydrogen (secondary N) is 3. The van der Waals surface area contributed by atoms with Gasteiger partial charge in [-0.1, -0.05) is 11.6 Å². The summed E-state index contributed by atoms with van der Waals surface area (Å²) in [5.74, 6) is -0.318. The van der Waals surface area contributed by atoms with Gasteiger partial charge in [0.25, 0.3) is 5.91 Å². The average Bonchev–Trinajstić information content (AvgIpc) is 2.92. The molecule has 4 amide bonds. The van der Waals surface area contributed by atoms with Crippen LogP contribution in [0.4, 0.5) is 4.79 Å². The van der Waals surface area contributed by atoms with Crippen LogP contribution in [0, 0.1) is 5.92 Å². The van der Waals surface area contributed by atoms with Gasteiger partial charge >= 0.3 is 6.03 Å². The van der Waals surface area contributed by atoms with Crippen LogP contribution in [0.15, 0.2) is 24.5 Å². The molecule has 3 heterocycles. The van der Waals surface area contributed by atoms with Crippen LogP contribution in [0.1, 0.15) is 23.0 Å². The molecule has 8 nitrogen and oxygen atoms in total. The molecular weight excluding hydrogens is 378 g/mol. The Morgan fingerprint density at radius 1 is 1.50 bits per heavy atom. The minimum Gasteiger partial charge on any atom is -0.352 e. The lowest BCUT2D eigenvalue weighted by Crippen LogP contribution is -2.54. The Kier molecular flexibility index (Phi) is 4.00. The van der Waals surface area contributed by atoms with Gasteiger partial charge in [-0.05, 0) is 18.6 Å². The first kappa shape index (κ1) is 17.0. The van der Waals surface area contributed by atoms with Crippen molar-refractivity contribution in [2.45, 2.75) is 17.9 Å². The zero-order chi connectivity index (χ0) is 18.5. The number of nitrogens with zero attached hydrogens (tertiary/aromatic N) is 2. The van der Waals surface area contributed by atoms with Crippen LogP contribution in [0.25, 0.3) is 0 Å². The maximum absolute atomic E-state index is 12.5. The summed E-state index contributed by atoms with van der Waals surface area (Å²) in [4.78, 5) is 41.9. The number of imidazole rings is 1. The first-order valence-electron chi connectivity index (χ1n) is 8.05. The lowest BCUT2D eigenvalue weighted by Gasteiger charge is -2.25. The molecule has 2 aromatic rings. The van der Waals surface area contributed by atoms with Crippen LogP contribution in [-0.4, -0.2) is 33.9 Å². The van der Waals surface area contributed by atoms with Crippen molar-refractivity contribution in [3.63, 3.8) is 0 Å². The van der Waals surface area contributed by atoms with E-state index >= 15 is 0 Å².